The van der Waals surface area contributed by atoms with E-state index in [1.54, 1.807) is 0 Å². The van der Waals surface area contributed by atoms with Crippen LogP contribution in [0.3, 0.4) is 0 Å². The maximum absolute atomic E-state index is 8.64. The summed E-state index contributed by atoms with van der Waals surface area (Å²) >= 11 is 0. The standard InChI is InChI=1S/C5H11NO3/c7-2-4-1-6-9-5(4)3-8/h4-8H,1-3H2. The number of aliphatic hydroxyl groups excluding tert-OH is 2. The minimum Gasteiger partial charge on any atom is -0.396 e. The number of hydroxylamine groups is 1. The van der Waals surface area contributed by atoms with Gasteiger partial charge in [0.05, 0.1) is 6.61 Å². The van der Waals surface area contributed by atoms with E-state index < -0.39 is 0 Å². The average Bonchev–Trinajstić information content (AvgIpc) is 2.33. The van der Waals surface area contributed by atoms with Crippen LogP contribution < -0.4 is 5.48 Å². The molecule has 0 bridgehead atoms. The lowest BCUT2D eigenvalue weighted by Gasteiger charge is -2.09. The lowest BCUT2D eigenvalue weighted by molar-refractivity contribution is -0.0166. The molecule has 4 heteroatoms. The predicted molar refractivity (Wildman–Crippen MR) is 30.5 cm³/mol. The normalized spacial score (nSPS) is 35.3. The van der Waals surface area contributed by atoms with Crippen LogP contribution in [0.5, 0.6) is 0 Å². The van der Waals surface area contributed by atoms with Crippen molar-refractivity contribution in [2.24, 2.45) is 5.92 Å². The van der Waals surface area contributed by atoms with Crippen molar-refractivity contribution >= 4 is 0 Å². The smallest absolute Gasteiger partial charge is 0.108 e. The largest absolute Gasteiger partial charge is 0.396 e. The van der Waals surface area contributed by atoms with Gasteiger partial charge in [0, 0.05) is 19.1 Å². The lowest BCUT2D eigenvalue weighted by atomic mass is 10.1. The molecule has 0 aromatic heterocycles. The van der Waals surface area contributed by atoms with Gasteiger partial charge in [-0.25, -0.2) is 5.48 Å². The molecule has 1 rings (SSSR count). The van der Waals surface area contributed by atoms with Crippen molar-refractivity contribution in [1.82, 2.24) is 5.48 Å². The van der Waals surface area contributed by atoms with Gasteiger partial charge < -0.3 is 10.2 Å². The Hall–Kier alpha value is -0.160. The fraction of sp³-hybridized carbons (Fsp3) is 1.00. The van der Waals surface area contributed by atoms with E-state index in [4.69, 9.17) is 15.1 Å². The van der Waals surface area contributed by atoms with E-state index in [0.717, 1.165) is 0 Å². The summed E-state index contributed by atoms with van der Waals surface area (Å²) in [5, 5.41) is 17.2. The Bertz CT molecular complexity index is 78.3. The summed E-state index contributed by atoms with van der Waals surface area (Å²) < 4.78 is 0. The van der Waals surface area contributed by atoms with E-state index in [1.807, 2.05) is 0 Å². The lowest BCUT2D eigenvalue weighted by Crippen LogP contribution is -2.24. The average molecular weight is 133 g/mol. The third-order valence-electron chi connectivity index (χ3n) is 1.52. The molecule has 1 aliphatic heterocycles. The van der Waals surface area contributed by atoms with Gasteiger partial charge in [-0.3, -0.25) is 4.84 Å². The molecule has 0 radical (unpaired) electrons. The molecule has 54 valence electrons. The predicted octanol–water partition coefficient (Wildman–Crippen LogP) is -1.51. The van der Waals surface area contributed by atoms with Crippen LogP contribution in [0, 0.1) is 5.92 Å². The van der Waals surface area contributed by atoms with Gasteiger partial charge in [0.15, 0.2) is 0 Å². The first-order valence-corrected chi connectivity index (χ1v) is 2.98. The van der Waals surface area contributed by atoms with Crippen molar-refractivity contribution in [3.63, 3.8) is 0 Å². The second-order valence-corrected chi connectivity index (χ2v) is 2.13. The van der Waals surface area contributed by atoms with Crippen LogP contribution in [0.25, 0.3) is 0 Å². The van der Waals surface area contributed by atoms with Crippen LogP contribution in [-0.2, 0) is 4.84 Å². The van der Waals surface area contributed by atoms with Crippen molar-refractivity contribution in [1.29, 1.82) is 0 Å². The number of aliphatic hydroxyl groups is 2. The molecule has 2 atom stereocenters. The summed E-state index contributed by atoms with van der Waals surface area (Å²) in [4.78, 5) is 4.85. The maximum Gasteiger partial charge on any atom is 0.108 e. The highest BCUT2D eigenvalue weighted by Gasteiger charge is 2.26. The van der Waals surface area contributed by atoms with Gasteiger partial charge in [-0.05, 0) is 0 Å². The highest BCUT2D eigenvalue weighted by Crippen LogP contribution is 2.10. The Morgan fingerprint density at radius 1 is 1.44 bits per heavy atom. The molecule has 0 spiro atoms. The fourth-order valence-electron chi connectivity index (χ4n) is 0.858. The van der Waals surface area contributed by atoms with Gasteiger partial charge >= 0.3 is 0 Å². The number of hydrogen-bond donors (Lipinski definition) is 3. The van der Waals surface area contributed by atoms with Crippen LogP contribution in [-0.4, -0.2) is 36.1 Å². The first-order chi connectivity index (χ1) is 4.38. The second kappa shape index (κ2) is 3.12. The van der Waals surface area contributed by atoms with Crippen LogP contribution in [0.15, 0.2) is 0 Å². The van der Waals surface area contributed by atoms with Crippen molar-refractivity contribution in [2.75, 3.05) is 19.8 Å². The second-order valence-electron chi connectivity index (χ2n) is 2.13. The van der Waals surface area contributed by atoms with E-state index in [1.165, 1.54) is 0 Å². The molecule has 9 heavy (non-hydrogen) atoms. The quantitative estimate of drug-likeness (QED) is 0.428. The summed E-state index contributed by atoms with van der Waals surface area (Å²) in [7, 11) is 0. The van der Waals surface area contributed by atoms with Crippen LogP contribution in [0.1, 0.15) is 0 Å². The molecule has 1 saturated heterocycles. The third-order valence-corrected chi connectivity index (χ3v) is 1.52. The minimum atomic E-state index is -0.227. The Labute approximate surface area is 53.4 Å². The molecule has 0 aromatic rings. The Balaban J connectivity index is 2.32. The monoisotopic (exact) mass is 133 g/mol. The highest BCUT2D eigenvalue weighted by molar-refractivity contribution is 4.73. The first-order valence-electron chi connectivity index (χ1n) is 2.98. The number of hydrogen-bond acceptors (Lipinski definition) is 4. The molecule has 0 saturated carbocycles. The zero-order valence-corrected chi connectivity index (χ0v) is 5.08. The third kappa shape index (κ3) is 1.40. The molecule has 1 heterocycles. The molecule has 0 amide bonds. The van der Waals surface area contributed by atoms with Gasteiger partial charge in [-0.2, -0.15) is 0 Å². The minimum absolute atomic E-state index is 0.0295. The molecule has 1 fully saturated rings. The van der Waals surface area contributed by atoms with E-state index in [0.29, 0.717) is 6.54 Å². The Kier molecular flexibility index (Phi) is 2.41. The number of nitrogens with one attached hydrogen (secondary N) is 1. The van der Waals surface area contributed by atoms with Gasteiger partial charge in [0.1, 0.15) is 6.10 Å². The van der Waals surface area contributed by atoms with E-state index >= 15 is 0 Å². The van der Waals surface area contributed by atoms with Gasteiger partial charge in [0.2, 0.25) is 0 Å². The van der Waals surface area contributed by atoms with E-state index in [-0.39, 0.29) is 25.2 Å². The molecular formula is C5H11NO3. The van der Waals surface area contributed by atoms with Crippen molar-refractivity contribution in [3.05, 3.63) is 0 Å². The molecule has 4 nitrogen and oxygen atoms in total. The molecule has 1 aliphatic rings. The molecular weight excluding hydrogens is 122 g/mol. The van der Waals surface area contributed by atoms with Crippen LogP contribution >= 0.6 is 0 Å². The van der Waals surface area contributed by atoms with Crippen molar-refractivity contribution in [3.8, 4) is 0 Å². The van der Waals surface area contributed by atoms with Crippen LogP contribution in [0.4, 0.5) is 0 Å². The van der Waals surface area contributed by atoms with Crippen molar-refractivity contribution in [2.45, 2.75) is 6.10 Å². The van der Waals surface area contributed by atoms with E-state index in [9.17, 15) is 0 Å². The SMILES string of the molecule is OCC1CNOC1CO. The fourth-order valence-corrected chi connectivity index (χ4v) is 0.858. The molecule has 0 aromatic carbocycles. The zero-order valence-electron chi connectivity index (χ0n) is 5.08. The van der Waals surface area contributed by atoms with E-state index in [2.05, 4.69) is 5.48 Å². The number of rotatable bonds is 2. The summed E-state index contributed by atoms with van der Waals surface area (Å²) in [5.41, 5.74) is 2.60. The Morgan fingerprint density at radius 3 is 2.67 bits per heavy atom. The molecule has 3 N–H and O–H groups in total. The maximum atomic E-state index is 8.64. The van der Waals surface area contributed by atoms with Gasteiger partial charge in [-0.15, -0.1) is 0 Å². The highest BCUT2D eigenvalue weighted by atomic mass is 16.7. The summed E-state index contributed by atoms with van der Waals surface area (Å²) in [6, 6.07) is 0. The molecule has 0 aliphatic carbocycles. The van der Waals surface area contributed by atoms with Crippen molar-refractivity contribution < 1.29 is 15.1 Å². The first kappa shape index (κ1) is 6.95. The summed E-state index contributed by atoms with van der Waals surface area (Å²) in [5.74, 6) is 0.0509. The van der Waals surface area contributed by atoms with Gasteiger partial charge in [-0.1, -0.05) is 0 Å². The molecule has 2 unspecified atom stereocenters. The summed E-state index contributed by atoms with van der Waals surface area (Å²) in [6.45, 7) is 0.665. The Morgan fingerprint density at radius 2 is 2.22 bits per heavy atom. The van der Waals surface area contributed by atoms with Gasteiger partial charge in [0.25, 0.3) is 0 Å². The van der Waals surface area contributed by atoms with Crippen LogP contribution in [0.2, 0.25) is 0 Å². The summed E-state index contributed by atoms with van der Waals surface area (Å²) in [6.07, 6.45) is -0.227. The topological polar surface area (TPSA) is 61.7 Å². The zero-order chi connectivity index (χ0) is 6.69.